The lowest BCUT2D eigenvalue weighted by atomic mass is 10.1. The van der Waals surface area contributed by atoms with Crippen molar-refractivity contribution in [1.29, 1.82) is 0 Å². The molecule has 0 aliphatic rings. The van der Waals surface area contributed by atoms with Gasteiger partial charge < -0.3 is 10.6 Å². The van der Waals surface area contributed by atoms with Gasteiger partial charge in [0.15, 0.2) is 0 Å². The number of carbonyl (C=O) groups excluding carboxylic acids is 2. The Balaban J connectivity index is 1.67. The minimum Gasteiger partial charge on any atom is -0.348 e. The summed E-state index contributed by atoms with van der Waals surface area (Å²) in [6.07, 6.45) is 6.13. The van der Waals surface area contributed by atoms with E-state index in [1.54, 1.807) is 36.7 Å². The fraction of sp³-hybridized carbons (Fsp3) is 0.0526. The Morgan fingerprint density at radius 2 is 1.65 bits per heavy atom. The summed E-state index contributed by atoms with van der Waals surface area (Å²) in [6.45, 7) is 0.361. The van der Waals surface area contributed by atoms with Gasteiger partial charge in [-0.3, -0.25) is 19.6 Å². The molecule has 0 radical (unpaired) electrons. The van der Waals surface area contributed by atoms with Crippen LogP contribution in [0.5, 0.6) is 0 Å². The quantitative estimate of drug-likeness (QED) is 0.725. The topological polar surface area (TPSA) is 84.0 Å². The number of pyridine rings is 2. The van der Waals surface area contributed by atoms with Gasteiger partial charge in [-0.1, -0.05) is 17.7 Å². The second-order valence-corrected chi connectivity index (χ2v) is 5.90. The predicted octanol–water partition coefficient (Wildman–Crippen LogP) is 3.31. The number of hydrogen-bond acceptors (Lipinski definition) is 4. The van der Waals surface area contributed by atoms with Crippen molar-refractivity contribution < 1.29 is 9.59 Å². The Hall–Kier alpha value is -3.25. The first-order valence-corrected chi connectivity index (χ1v) is 8.19. The van der Waals surface area contributed by atoms with Crippen LogP contribution in [0.15, 0.2) is 67.3 Å². The van der Waals surface area contributed by atoms with Gasteiger partial charge in [0.25, 0.3) is 11.8 Å². The molecular formula is C19H15ClN4O2. The number of rotatable bonds is 5. The molecule has 0 saturated heterocycles. The maximum absolute atomic E-state index is 12.3. The van der Waals surface area contributed by atoms with Gasteiger partial charge in [-0.2, -0.15) is 0 Å². The molecule has 3 aromatic rings. The van der Waals surface area contributed by atoms with Crippen molar-refractivity contribution in [2.75, 3.05) is 5.32 Å². The molecule has 0 aliphatic carbocycles. The largest absolute Gasteiger partial charge is 0.348 e. The van der Waals surface area contributed by atoms with Crippen LogP contribution < -0.4 is 10.6 Å². The maximum Gasteiger partial charge on any atom is 0.257 e. The van der Waals surface area contributed by atoms with Crippen molar-refractivity contribution in [3.05, 3.63) is 89.0 Å². The molecule has 0 unspecified atom stereocenters. The summed E-state index contributed by atoms with van der Waals surface area (Å²) in [5, 5.41) is 6.02. The first-order chi connectivity index (χ1) is 12.6. The Bertz CT molecular complexity index is 932. The number of benzene rings is 1. The lowest BCUT2D eigenvalue weighted by Crippen LogP contribution is -2.23. The molecule has 0 atom stereocenters. The maximum atomic E-state index is 12.3. The van der Waals surface area contributed by atoms with E-state index in [1.165, 1.54) is 18.5 Å². The van der Waals surface area contributed by atoms with Crippen LogP contribution in [0.25, 0.3) is 0 Å². The highest BCUT2D eigenvalue weighted by molar-refractivity contribution is 6.31. The van der Waals surface area contributed by atoms with Gasteiger partial charge in [-0.15, -0.1) is 0 Å². The van der Waals surface area contributed by atoms with Gasteiger partial charge in [0.05, 0.1) is 11.1 Å². The number of amides is 2. The molecule has 1 aromatic carbocycles. The van der Waals surface area contributed by atoms with Gasteiger partial charge in [-0.05, 0) is 42.0 Å². The van der Waals surface area contributed by atoms with E-state index in [2.05, 4.69) is 20.6 Å². The molecule has 0 saturated carbocycles. The van der Waals surface area contributed by atoms with Crippen LogP contribution in [-0.2, 0) is 6.54 Å². The third-order valence-corrected chi connectivity index (χ3v) is 3.78. The lowest BCUT2D eigenvalue weighted by molar-refractivity contribution is 0.0950. The molecule has 26 heavy (non-hydrogen) atoms. The summed E-state index contributed by atoms with van der Waals surface area (Å²) < 4.78 is 0. The van der Waals surface area contributed by atoms with Crippen molar-refractivity contribution in [2.24, 2.45) is 0 Å². The van der Waals surface area contributed by atoms with Crippen molar-refractivity contribution in [1.82, 2.24) is 15.3 Å². The molecule has 0 spiro atoms. The summed E-state index contributed by atoms with van der Waals surface area (Å²) in [5.41, 5.74) is 2.07. The van der Waals surface area contributed by atoms with Crippen LogP contribution in [0.2, 0.25) is 5.02 Å². The summed E-state index contributed by atoms with van der Waals surface area (Å²) in [7, 11) is 0. The van der Waals surface area contributed by atoms with Gasteiger partial charge in [0.1, 0.15) is 0 Å². The molecule has 2 aromatic heterocycles. The summed E-state index contributed by atoms with van der Waals surface area (Å²) in [5.74, 6) is -0.685. The van der Waals surface area contributed by atoms with Crippen LogP contribution in [0.3, 0.4) is 0 Å². The first kappa shape index (κ1) is 17.6. The van der Waals surface area contributed by atoms with E-state index in [0.717, 1.165) is 5.56 Å². The second-order valence-electron chi connectivity index (χ2n) is 5.46. The summed E-state index contributed by atoms with van der Waals surface area (Å²) >= 11 is 5.91. The molecule has 0 aliphatic heterocycles. The molecule has 2 amide bonds. The number of carbonyl (C=O) groups is 2. The predicted molar refractivity (Wildman–Crippen MR) is 99.0 cm³/mol. The molecule has 7 heteroatoms. The average molecular weight is 367 g/mol. The van der Waals surface area contributed by atoms with E-state index in [0.29, 0.717) is 22.8 Å². The van der Waals surface area contributed by atoms with Crippen LogP contribution in [-0.4, -0.2) is 21.8 Å². The molecule has 6 nitrogen and oxygen atoms in total. The van der Waals surface area contributed by atoms with E-state index < -0.39 is 0 Å². The third kappa shape index (κ3) is 4.64. The summed E-state index contributed by atoms with van der Waals surface area (Å²) in [4.78, 5) is 32.5. The smallest absolute Gasteiger partial charge is 0.257 e. The molecule has 130 valence electrons. The van der Waals surface area contributed by atoms with E-state index in [4.69, 9.17) is 11.6 Å². The molecule has 2 N–H and O–H groups in total. The fourth-order valence-corrected chi connectivity index (χ4v) is 2.43. The van der Waals surface area contributed by atoms with E-state index in [-0.39, 0.29) is 17.4 Å². The number of halogens is 1. The first-order valence-electron chi connectivity index (χ1n) is 7.81. The van der Waals surface area contributed by atoms with Gasteiger partial charge >= 0.3 is 0 Å². The van der Waals surface area contributed by atoms with Crippen molar-refractivity contribution in [3.63, 3.8) is 0 Å². The Labute approximate surface area is 155 Å². The third-order valence-electron chi connectivity index (χ3n) is 3.55. The van der Waals surface area contributed by atoms with Gasteiger partial charge in [-0.25, -0.2) is 0 Å². The monoisotopic (exact) mass is 366 g/mol. The highest BCUT2D eigenvalue weighted by Crippen LogP contribution is 2.16. The van der Waals surface area contributed by atoms with E-state index in [1.807, 2.05) is 12.1 Å². The van der Waals surface area contributed by atoms with E-state index >= 15 is 0 Å². The number of nitrogens with zero attached hydrogens (tertiary/aromatic N) is 2. The minimum absolute atomic E-state index is 0.279. The number of hydrogen-bond donors (Lipinski definition) is 2. The van der Waals surface area contributed by atoms with Crippen LogP contribution in [0.4, 0.5) is 5.69 Å². The Kier molecular flexibility index (Phi) is 5.56. The zero-order valence-electron chi connectivity index (χ0n) is 13.6. The van der Waals surface area contributed by atoms with Crippen molar-refractivity contribution in [2.45, 2.75) is 6.54 Å². The zero-order valence-corrected chi connectivity index (χ0v) is 14.4. The van der Waals surface area contributed by atoms with Crippen LogP contribution >= 0.6 is 11.6 Å². The molecular weight excluding hydrogens is 352 g/mol. The zero-order chi connectivity index (χ0) is 18.4. The Morgan fingerprint density at radius 3 is 2.38 bits per heavy atom. The lowest BCUT2D eigenvalue weighted by Gasteiger charge is -2.08. The standard InChI is InChI=1S/C19H15ClN4O2/c20-16-2-1-3-17(9-16)24-19(26)15-8-14(11-22-12-15)18(25)23-10-13-4-6-21-7-5-13/h1-9,11-12H,10H2,(H,23,25)(H,24,26). The number of aromatic nitrogens is 2. The molecule has 3 rings (SSSR count). The second kappa shape index (κ2) is 8.22. The number of anilines is 1. The van der Waals surface area contributed by atoms with Gasteiger partial charge in [0, 0.05) is 42.0 Å². The van der Waals surface area contributed by atoms with Crippen molar-refractivity contribution in [3.8, 4) is 0 Å². The highest BCUT2D eigenvalue weighted by Gasteiger charge is 2.12. The molecule has 0 fully saturated rings. The van der Waals surface area contributed by atoms with Gasteiger partial charge in [0.2, 0.25) is 0 Å². The van der Waals surface area contributed by atoms with Crippen LogP contribution in [0, 0.1) is 0 Å². The SMILES string of the molecule is O=C(NCc1ccncc1)c1cncc(C(=O)Nc2cccc(Cl)c2)c1. The normalized spacial score (nSPS) is 10.2. The summed E-state index contributed by atoms with van der Waals surface area (Å²) in [6, 6.07) is 11.9. The Morgan fingerprint density at radius 1 is 0.923 bits per heavy atom. The highest BCUT2D eigenvalue weighted by atomic mass is 35.5. The number of nitrogens with one attached hydrogen (secondary N) is 2. The average Bonchev–Trinajstić information content (AvgIpc) is 2.67. The molecule has 0 bridgehead atoms. The minimum atomic E-state index is -0.372. The fourth-order valence-electron chi connectivity index (χ4n) is 2.24. The van der Waals surface area contributed by atoms with E-state index in [9.17, 15) is 9.59 Å². The van der Waals surface area contributed by atoms with Crippen molar-refractivity contribution >= 4 is 29.1 Å². The molecule has 2 heterocycles. The van der Waals surface area contributed by atoms with Crippen LogP contribution in [0.1, 0.15) is 26.3 Å².